The van der Waals surface area contributed by atoms with Crippen LogP contribution in [0.1, 0.15) is 29.7 Å². The summed E-state index contributed by atoms with van der Waals surface area (Å²) < 4.78 is 104. The minimum atomic E-state index is -10.2. The van der Waals surface area contributed by atoms with Crippen molar-refractivity contribution in [2.45, 2.75) is 29.8 Å². The summed E-state index contributed by atoms with van der Waals surface area (Å²) in [5.74, 6) is -3.32. The molecule has 1 heterocycles. The Labute approximate surface area is 236 Å². The second kappa shape index (κ2) is 9.43. The largest absolute Gasteiger partial charge is 0.468 e. The molecule has 0 radical (unpaired) electrons. The lowest BCUT2D eigenvalue weighted by Crippen LogP contribution is -2.25. The maximum Gasteiger partial charge on any atom is 0.413 e. The zero-order valence-corrected chi connectivity index (χ0v) is 22.6. The normalized spacial score (nSPS) is 15.7. The number of halogens is 9. The smallest absolute Gasteiger partial charge is 0.413 e. The van der Waals surface area contributed by atoms with Crippen molar-refractivity contribution >= 4 is 51.3 Å². The number of carbonyl (C=O) groups excluding carboxylic acids is 2. The maximum atomic E-state index is 13.5. The third-order valence-corrected chi connectivity index (χ3v) is 7.66. The van der Waals surface area contributed by atoms with Gasteiger partial charge < -0.3 is 9.47 Å². The molecule has 18 heteroatoms. The first kappa shape index (κ1) is 30.3. The summed E-state index contributed by atoms with van der Waals surface area (Å²) in [6, 6.07) is 3.80. The van der Waals surface area contributed by atoms with Gasteiger partial charge in [-0.1, -0.05) is 42.6 Å². The highest BCUT2D eigenvalue weighted by Crippen LogP contribution is 3.02. The Morgan fingerprint density at radius 3 is 2.10 bits per heavy atom. The lowest BCUT2D eigenvalue weighted by molar-refractivity contribution is -0.143. The quantitative estimate of drug-likeness (QED) is 0.206. The van der Waals surface area contributed by atoms with Crippen molar-refractivity contribution in [1.29, 1.82) is 5.26 Å². The number of rotatable bonds is 7. The molecule has 1 N–H and O–H groups in total. The first-order chi connectivity index (χ1) is 18.8. The average molecular weight is 647 g/mol. The van der Waals surface area contributed by atoms with E-state index in [0.29, 0.717) is 10.7 Å². The minimum absolute atomic E-state index is 0.0942. The molecule has 1 aromatic heterocycles. The Morgan fingerprint density at radius 2 is 1.63 bits per heavy atom. The third-order valence-electron chi connectivity index (χ3n) is 5.96. The third kappa shape index (κ3) is 6.02. The second-order valence-corrected chi connectivity index (χ2v) is 12.1. The van der Waals surface area contributed by atoms with Gasteiger partial charge in [-0.25, -0.2) is 18.3 Å². The Bertz CT molecular complexity index is 1610. The summed E-state index contributed by atoms with van der Waals surface area (Å²) in [5.41, 5.74) is -3.06. The highest BCUT2D eigenvalue weighted by molar-refractivity contribution is 8.45. The lowest BCUT2D eigenvalue weighted by Gasteiger charge is -2.40. The van der Waals surface area contributed by atoms with Crippen LogP contribution in [0.5, 0.6) is 0 Å². The molecule has 1 aliphatic rings. The van der Waals surface area contributed by atoms with Crippen LogP contribution < -0.4 is 5.32 Å². The number of esters is 1. The van der Waals surface area contributed by atoms with Crippen LogP contribution in [0, 0.1) is 23.0 Å². The second-order valence-electron chi connectivity index (χ2n) is 8.85. The van der Waals surface area contributed by atoms with Crippen LogP contribution in [-0.4, -0.2) is 29.0 Å². The number of carbonyl (C=O) groups is 2. The summed E-state index contributed by atoms with van der Waals surface area (Å²) >= 11 is 11.9. The minimum Gasteiger partial charge on any atom is -0.468 e. The predicted molar refractivity (Wildman–Crippen MR) is 133 cm³/mol. The standard InChI is InChI=1S/C23H15Cl2F7N4O4S/c1-39-21(37)23(2-3-23)18-17(9-33)35-36(19-15(24)7-14(8-16(19)25)41(28,29,30,31)32)20(18)34-22(38)40-10-11-4-12(26)6-13(27)5-11/h4-8H,2-3,10H2,1H3,(H,34,38). The van der Waals surface area contributed by atoms with Crippen LogP contribution in [-0.2, 0) is 26.3 Å². The van der Waals surface area contributed by atoms with Crippen LogP contribution in [0.2, 0.25) is 10.0 Å². The molecule has 1 fully saturated rings. The molecule has 0 saturated heterocycles. The zero-order valence-electron chi connectivity index (χ0n) is 20.3. The van der Waals surface area contributed by atoms with Crippen molar-refractivity contribution in [1.82, 2.24) is 9.78 Å². The number of methoxy groups -OCH3 is 1. The van der Waals surface area contributed by atoms with Gasteiger partial charge in [0.25, 0.3) is 0 Å². The van der Waals surface area contributed by atoms with E-state index >= 15 is 0 Å². The molecule has 41 heavy (non-hydrogen) atoms. The van der Waals surface area contributed by atoms with Gasteiger partial charge in [-0.3, -0.25) is 10.1 Å². The van der Waals surface area contributed by atoms with Crippen LogP contribution in [0.25, 0.3) is 5.69 Å². The SMILES string of the molecule is COC(=O)C1(c2c(C#N)nn(-c3c(Cl)cc(S(F)(F)(F)(F)F)cc3Cl)c2NC(=O)OCc2cc(F)cc(F)c2)CC1. The molecule has 4 rings (SSSR count). The van der Waals surface area contributed by atoms with Crippen molar-refractivity contribution < 1.29 is 47.3 Å². The molecular weight excluding hydrogens is 632 g/mol. The number of nitriles is 1. The van der Waals surface area contributed by atoms with Gasteiger partial charge in [-0.2, -0.15) is 10.4 Å². The number of nitrogens with one attached hydrogen (secondary N) is 1. The monoisotopic (exact) mass is 646 g/mol. The lowest BCUT2D eigenvalue weighted by atomic mass is 9.95. The van der Waals surface area contributed by atoms with E-state index in [-0.39, 0.29) is 36.1 Å². The van der Waals surface area contributed by atoms with E-state index in [1.54, 1.807) is 6.07 Å². The Hall–Kier alpha value is -3.68. The average Bonchev–Trinajstić information content (AvgIpc) is 3.56. The van der Waals surface area contributed by atoms with Crippen molar-refractivity contribution in [2.75, 3.05) is 12.4 Å². The molecular formula is C23H15Cl2F7N4O4S. The van der Waals surface area contributed by atoms with Gasteiger partial charge in [0.1, 0.15) is 40.7 Å². The molecule has 0 aliphatic heterocycles. The van der Waals surface area contributed by atoms with Crippen LogP contribution in [0.3, 0.4) is 0 Å². The highest BCUT2D eigenvalue weighted by Gasteiger charge is 2.66. The molecule has 2 aromatic carbocycles. The van der Waals surface area contributed by atoms with E-state index < -0.39 is 78.1 Å². The van der Waals surface area contributed by atoms with E-state index in [4.69, 9.17) is 32.7 Å². The van der Waals surface area contributed by atoms with Gasteiger partial charge in [-0.05, 0) is 42.7 Å². The number of hydrogen-bond donors (Lipinski definition) is 1. The molecule has 220 valence electrons. The molecule has 0 atom stereocenters. The molecule has 3 aromatic rings. The fourth-order valence-corrected chi connectivity index (χ4v) is 5.50. The summed E-state index contributed by atoms with van der Waals surface area (Å²) in [6.07, 6.45) is -1.15. The first-order valence-corrected chi connectivity index (χ1v) is 13.7. The molecule has 1 amide bonds. The van der Waals surface area contributed by atoms with Crippen LogP contribution in [0.15, 0.2) is 35.2 Å². The summed E-state index contributed by atoms with van der Waals surface area (Å²) in [7, 11) is -9.20. The number of hydrogen-bond acceptors (Lipinski definition) is 6. The topological polar surface area (TPSA) is 106 Å². The Balaban J connectivity index is 1.84. The van der Waals surface area contributed by atoms with Gasteiger partial charge in [0, 0.05) is 6.07 Å². The van der Waals surface area contributed by atoms with Crippen molar-refractivity contribution in [3.05, 3.63) is 68.8 Å². The maximum absolute atomic E-state index is 13.5. The van der Waals surface area contributed by atoms with E-state index in [2.05, 4.69) is 10.4 Å². The molecule has 0 bridgehead atoms. The van der Waals surface area contributed by atoms with Crippen molar-refractivity contribution in [3.8, 4) is 11.8 Å². The van der Waals surface area contributed by atoms with Crippen molar-refractivity contribution in [3.63, 3.8) is 0 Å². The fourth-order valence-electron chi connectivity index (χ4n) is 4.05. The van der Waals surface area contributed by atoms with Gasteiger partial charge in [0.2, 0.25) is 0 Å². The highest BCUT2D eigenvalue weighted by atomic mass is 35.5. The summed E-state index contributed by atoms with van der Waals surface area (Å²) in [6.45, 7) is -0.669. The van der Waals surface area contributed by atoms with Gasteiger partial charge in [0.15, 0.2) is 5.69 Å². The van der Waals surface area contributed by atoms with E-state index in [0.717, 1.165) is 19.2 Å². The van der Waals surface area contributed by atoms with Crippen LogP contribution in [0.4, 0.5) is 38.8 Å². The molecule has 1 saturated carbocycles. The van der Waals surface area contributed by atoms with Gasteiger partial charge in [-0.15, -0.1) is 0 Å². The fraction of sp³-hybridized carbons (Fsp3) is 0.217. The number of nitrogens with zero attached hydrogens (tertiary/aromatic N) is 3. The Kier molecular flexibility index (Phi) is 6.96. The molecule has 8 nitrogen and oxygen atoms in total. The number of ether oxygens (including phenoxy) is 2. The summed E-state index contributed by atoms with van der Waals surface area (Å²) in [5, 5.41) is 13.8. The molecule has 0 spiro atoms. The molecule has 1 aliphatic carbocycles. The van der Waals surface area contributed by atoms with Crippen LogP contribution >= 0.6 is 33.4 Å². The van der Waals surface area contributed by atoms with E-state index in [1.165, 1.54) is 0 Å². The van der Waals surface area contributed by atoms with E-state index in [1.807, 2.05) is 0 Å². The first-order valence-electron chi connectivity index (χ1n) is 11.0. The predicted octanol–water partition coefficient (Wildman–Crippen LogP) is 7.94. The summed E-state index contributed by atoms with van der Waals surface area (Å²) in [4.78, 5) is 23.0. The van der Waals surface area contributed by atoms with Gasteiger partial charge >= 0.3 is 22.3 Å². The van der Waals surface area contributed by atoms with E-state index in [9.17, 15) is 43.1 Å². The molecule has 0 unspecified atom stereocenters. The number of amides is 1. The number of aromatic nitrogens is 2. The number of anilines is 1. The number of benzene rings is 2. The van der Waals surface area contributed by atoms with Gasteiger partial charge in [0.05, 0.1) is 28.1 Å². The zero-order chi connectivity index (χ0) is 30.6. The van der Waals surface area contributed by atoms with Crippen molar-refractivity contribution in [2.24, 2.45) is 0 Å². The Morgan fingerprint density at radius 1 is 1.07 bits per heavy atom.